The van der Waals surface area contributed by atoms with Crippen LogP contribution in [0.3, 0.4) is 0 Å². The summed E-state index contributed by atoms with van der Waals surface area (Å²) in [7, 11) is 0. The van der Waals surface area contributed by atoms with Gasteiger partial charge in [0, 0.05) is 5.92 Å². The molecule has 108 valence electrons. The molecule has 0 saturated heterocycles. The maximum Gasteiger partial charge on any atom is 0.326 e. The summed E-state index contributed by atoms with van der Waals surface area (Å²) in [6, 6.07) is -0.750. The molecule has 2 fully saturated rings. The maximum absolute atomic E-state index is 12.1. The van der Waals surface area contributed by atoms with E-state index in [1.165, 1.54) is 32.1 Å². The van der Waals surface area contributed by atoms with Crippen LogP contribution in [0.4, 0.5) is 0 Å². The van der Waals surface area contributed by atoms with Gasteiger partial charge in [0.15, 0.2) is 0 Å². The van der Waals surface area contributed by atoms with E-state index in [9.17, 15) is 9.59 Å². The van der Waals surface area contributed by atoms with Crippen LogP contribution in [-0.4, -0.2) is 23.0 Å². The Bertz CT molecular complexity index is 347. The first kappa shape index (κ1) is 14.4. The second-order valence-electron chi connectivity index (χ2n) is 6.47. The molecule has 3 atom stereocenters. The van der Waals surface area contributed by atoms with Gasteiger partial charge >= 0.3 is 5.97 Å². The lowest BCUT2D eigenvalue weighted by atomic mass is 9.85. The van der Waals surface area contributed by atoms with Crippen molar-refractivity contribution in [3.8, 4) is 0 Å². The number of nitrogens with one attached hydrogen (secondary N) is 1. The Labute approximate surface area is 115 Å². The van der Waals surface area contributed by atoms with Crippen molar-refractivity contribution in [1.82, 2.24) is 5.32 Å². The van der Waals surface area contributed by atoms with E-state index in [4.69, 9.17) is 5.11 Å². The Morgan fingerprint density at radius 1 is 1.16 bits per heavy atom. The van der Waals surface area contributed by atoms with Gasteiger partial charge in [-0.25, -0.2) is 4.79 Å². The third-order valence-electron chi connectivity index (χ3n) is 4.66. The molecule has 1 amide bonds. The monoisotopic (exact) mass is 267 g/mol. The minimum atomic E-state index is -0.932. The zero-order valence-corrected chi connectivity index (χ0v) is 11.9. The summed E-state index contributed by atoms with van der Waals surface area (Å²) in [5.41, 5.74) is 0. The number of rotatable bonds is 5. The van der Waals surface area contributed by atoms with Crippen molar-refractivity contribution in [3.63, 3.8) is 0 Å². The third kappa shape index (κ3) is 3.48. The Morgan fingerprint density at radius 3 is 2.32 bits per heavy atom. The standard InChI is InChI=1S/C15H25NO3/c1-9(2)13(15(18)19)16-14(17)12-8-11(12)10-6-4-3-5-7-10/h9-13H,3-8H2,1-2H3,(H,16,17)(H,18,19)/t11?,12?,13-/m0/s1. The van der Waals surface area contributed by atoms with Crippen molar-refractivity contribution < 1.29 is 14.7 Å². The number of hydrogen-bond acceptors (Lipinski definition) is 2. The Morgan fingerprint density at radius 2 is 1.79 bits per heavy atom. The lowest BCUT2D eigenvalue weighted by molar-refractivity contribution is -0.143. The average molecular weight is 267 g/mol. The molecule has 2 saturated carbocycles. The smallest absolute Gasteiger partial charge is 0.326 e. The molecule has 0 aromatic rings. The highest BCUT2D eigenvalue weighted by Gasteiger charge is 2.48. The second-order valence-corrected chi connectivity index (χ2v) is 6.47. The first-order valence-electron chi connectivity index (χ1n) is 7.54. The normalized spacial score (nSPS) is 29.0. The number of amides is 1. The van der Waals surface area contributed by atoms with Crippen LogP contribution < -0.4 is 5.32 Å². The van der Waals surface area contributed by atoms with Crippen LogP contribution in [0.5, 0.6) is 0 Å². The summed E-state index contributed by atoms with van der Waals surface area (Å²) in [5, 5.41) is 11.8. The van der Waals surface area contributed by atoms with E-state index in [2.05, 4.69) is 5.32 Å². The van der Waals surface area contributed by atoms with Crippen LogP contribution in [0, 0.1) is 23.7 Å². The third-order valence-corrected chi connectivity index (χ3v) is 4.66. The molecule has 2 unspecified atom stereocenters. The average Bonchev–Trinajstić information content (AvgIpc) is 3.16. The molecule has 2 aliphatic carbocycles. The molecule has 0 aliphatic heterocycles. The van der Waals surface area contributed by atoms with Crippen molar-refractivity contribution in [2.24, 2.45) is 23.7 Å². The van der Waals surface area contributed by atoms with E-state index >= 15 is 0 Å². The van der Waals surface area contributed by atoms with E-state index in [1.54, 1.807) is 0 Å². The predicted molar refractivity (Wildman–Crippen MR) is 72.6 cm³/mol. The summed E-state index contributed by atoms with van der Waals surface area (Å²) < 4.78 is 0. The fourth-order valence-electron chi connectivity index (χ4n) is 3.37. The van der Waals surface area contributed by atoms with Crippen molar-refractivity contribution in [3.05, 3.63) is 0 Å². The zero-order valence-electron chi connectivity index (χ0n) is 11.9. The molecule has 19 heavy (non-hydrogen) atoms. The fourth-order valence-corrected chi connectivity index (χ4v) is 3.37. The number of carboxylic acid groups (broad SMARTS) is 1. The van der Waals surface area contributed by atoms with E-state index in [0.29, 0.717) is 11.8 Å². The van der Waals surface area contributed by atoms with Gasteiger partial charge in [0.25, 0.3) is 0 Å². The molecule has 0 aromatic carbocycles. The first-order chi connectivity index (χ1) is 9.00. The minimum absolute atomic E-state index is 0.0447. The van der Waals surface area contributed by atoms with Gasteiger partial charge in [-0.05, 0) is 24.2 Å². The van der Waals surface area contributed by atoms with E-state index in [0.717, 1.165) is 6.42 Å². The van der Waals surface area contributed by atoms with Crippen LogP contribution in [-0.2, 0) is 9.59 Å². The molecule has 2 aliphatic rings. The highest BCUT2D eigenvalue weighted by molar-refractivity contribution is 5.86. The first-order valence-corrected chi connectivity index (χ1v) is 7.54. The minimum Gasteiger partial charge on any atom is -0.480 e. The lowest BCUT2D eigenvalue weighted by Crippen LogP contribution is -2.45. The van der Waals surface area contributed by atoms with Crippen LogP contribution in [0.1, 0.15) is 52.4 Å². The number of carbonyl (C=O) groups is 2. The highest BCUT2D eigenvalue weighted by Crippen LogP contribution is 2.49. The van der Waals surface area contributed by atoms with Crippen molar-refractivity contribution in [2.45, 2.75) is 58.4 Å². The van der Waals surface area contributed by atoms with Gasteiger partial charge in [0.1, 0.15) is 6.04 Å². The summed E-state index contributed by atoms with van der Waals surface area (Å²) >= 11 is 0. The maximum atomic E-state index is 12.1. The number of hydrogen-bond donors (Lipinski definition) is 2. The molecule has 4 heteroatoms. The largest absolute Gasteiger partial charge is 0.480 e. The number of aliphatic carboxylic acids is 1. The van der Waals surface area contributed by atoms with Gasteiger partial charge < -0.3 is 10.4 Å². The predicted octanol–water partition coefficient (Wildman–Crippen LogP) is 2.43. The van der Waals surface area contributed by atoms with E-state index < -0.39 is 12.0 Å². The van der Waals surface area contributed by atoms with Crippen molar-refractivity contribution >= 4 is 11.9 Å². The Hall–Kier alpha value is -1.06. The molecule has 2 N–H and O–H groups in total. The quantitative estimate of drug-likeness (QED) is 0.804. The molecular formula is C15H25NO3. The van der Waals surface area contributed by atoms with Gasteiger partial charge in [-0.1, -0.05) is 46.0 Å². The van der Waals surface area contributed by atoms with Crippen molar-refractivity contribution in [1.29, 1.82) is 0 Å². The molecule has 0 radical (unpaired) electrons. The molecule has 0 heterocycles. The summed E-state index contributed by atoms with van der Waals surface area (Å²) in [6.07, 6.45) is 7.37. The molecule has 4 nitrogen and oxygen atoms in total. The summed E-state index contributed by atoms with van der Waals surface area (Å²) in [6.45, 7) is 3.65. The zero-order chi connectivity index (χ0) is 14.0. The topological polar surface area (TPSA) is 66.4 Å². The van der Waals surface area contributed by atoms with Gasteiger partial charge in [0.2, 0.25) is 5.91 Å². The van der Waals surface area contributed by atoms with Gasteiger partial charge in [-0.2, -0.15) is 0 Å². The van der Waals surface area contributed by atoms with Crippen LogP contribution in [0.15, 0.2) is 0 Å². The highest BCUT2D eigenvalue weighted by atomic mass is 16.4. The summed E-state index contributed by atoms with van der Waals surface area (Å²) in [4.78, 5) is 23.2. The van der Waals surface area contributed by atoms with Crippen molar-refractivity contribution in [2.75, 3.05) is 0 Å². The van der Waals surface area contributed by atoms with Gasteiger partial charge in [-0.3, -0.25) is 4.79 Å². The number of carbonyl (C=O) groups excluding carboxylic acids is 1. The summed E-state index contributed by atoms with van der Waals surface area (Å²) in [5.74, 6) is 0.237. The lowest BCUT2D eigenvalue weighted by Gasteiger charge is -2.22. The molecule has 2 rings (SSSR count). The second kappa shape index (κ2) is 5.93. The van der Waals surface area contributed by atoms with Gasteiger partial charge in [0.05, 0.1) is 0 Å². The molecule has 0 bridgehead atoms. The van der Waals surface area contributed by atoms with E-state index in [1.807, 2.05) is 13.8 Å². The van der Waals surface area contributed by atoms with Gasteiger partial charge in [-0.15, -0.1) is 0 Å². The Balaban J connectivity index is 1.83. The molecule has 0 spiro atoms. The number of carboxylic acids is 1. The van der Waals surface area contributed by atoms with Crippen LogP contribution >= 0.6 is 0 Å². The molecular weight excluding hydrogens is 242 g/mol. The molecule has 0 aromatic heterocycles. The van der Waals surface area contributed by atoms with E-state index in [-0.39, 0.29) is 17.7 Å². The fraction of sp³-hybridized carbons (Fsp3) is 0.867. The van der Waals surface area contributed by atoms with Crippen LogP contribution in [0.2, 0.25) is 0 Å². The van der Waals surface area contributed by atoms with Crippen LogP contribution in [0.25, 0.3) is 0 Å². The SMILES string of the molecule is CC(C)[C@H](NC(=O)C1CC1C1CCCCC1)C(=O)O. The Kier molecular flexibility index (Phi) is 4.48.